The molecular formula is C12H15N7O. The highest BCUT2D eigenvalue weighted by Gasteiger charge is 2.21. The van der Waals surface area contributed by atoms with Gasteiger partial charge in [-0.25, -0.2) is 9.97 Å². The summed E-state index contributed by atoms with van der Waals surface area (Å²) in [4.78, 5) is 21.9. The van der Waals surface area contributed by atoms with E-state index < -0.39 is 0 Å². The van der Waals surface area contributed by atoms with Crippen LogP contribution in [0.4, 0.5) is 17.3 Å². The van der Waals surface area contributed by atoms with Crippen LogP contribution in [0, 0.1) is 0 Å². The Morgan fingerprint density at radius 2 is 2.30 bits per heavy atom. The number of fused-ring (bicyclic) bond motifs is 1. The Bertz CT molecular complexity index is 651. The van der Waals surface area contributed by atoms with Crippen LogP contribution in [0.25, 0.3) is 0 Å². The molecule has 0 unspecified atom stereocenters. The molecule has 104 valence electrons. The minimum atomic E-state index is -0.0949. The molecule has 0 fully saturated rings. The lowest BCUT2D eigenvalue weighted by atomic mass is 10.3. The van der Waals surface area contributed by atoms with Gasteiger partial charge >= 0.3 is 0 Å². The van der Waals surface area contributed by atoms with Gasteiger partial charge in [-0.05, 0) is 6.07 Å². The lowest BCUT2D eigenvalue weighted by molar-refractivity contribution is -0.114. The number of aromatic nitrogens is 4. The number of hydrogen-bond donors (Lipinski definition) is 2. The van der Waals surface area contributed by atoms with Gasteiger partial charge in [0.15, 0.2) is 11.6 Å². The van der Waals surface area contributed by atoms with Gasteiger partial charge in [0.25, 0.3) is 0 Å². The monoisotopic (exact) mass is 273 g/mol. The van der Waals surface area contributed by atoms with E-state index in [1.54, 1.807) is 10.9 Å². The van der Waals surface area contributed by atoms with E-state index in [1.165, 1.54) is 6.33 Å². The van der Waals surface area contributed by atoms with Gasteiger partial charge in [-0.3, -0.25) is 9.48 Å². The van der Waals surface area contributed by atoms with Crippen molar-refractivity contribution in [1.29, 1.82) is 0 Å². The SMILES string of the molecule is CN(Cc1ccnn1C)c1ncnc2c1NC(=O)CN2. The number of rotatable bonds is 3. The highest BCUT2D eigenvalue weighted by molar-refractivity contribution is 6.02. The first kappa shape index (κ1) is 12.4. The molecular weight excluding hydrogens is 258 g/mol. The first-order valence-electron chi connectivity index (χ1n) is 6.22. The Balaban J connectivity index is 1.90. The molecule has 20 heavy (non-hydrogen) atoms. The summed E-state index contributed by atoms with van der Waals surface area (Å²) in [5.74, 6) is 1.23. The Morgan fingerprint density at radius 1 is 1.45 bits per heavy atom. The quantitative estimate of drug-likeness (QED) is 0.831. The third kappa shape index (κ3) is 2.15. The fourth-order valence-corrected chi connectivity index (χ4v) is 2.14. The number of anilines is 3. The van der Waals surface area contributed by atoms with Crippen LogP contribution in [0.5, 0.6) is 0 Å². The second-order valence-electron chi connectivity index (χ2n) is 4.62. The maximum Gasteiger partial charge on any atom is 0.243 e. The normalized spacial score (nSPS) is 13.4. The van der Waals surface area contributed by atoms with Gasteiger partial charge in [0.1, 0.15) is 12.0 Å². The molecule has 2 N–H and O–H groups in total. The molecule has 2 aromatic heterocycles. The molecule has 0 saturated carbocycles. The molecule has 1 aliphatic rings. The van der Waals surface area contributed by atoms with Crippen molar-refractivity contribution in [3.05, 3.63) is 24.3 Å². The summed E-state index contributed by atoms with van der Waals surface area (Å²) in [7, 11) is 3.80. The third-order valence-electron chi connectivity index (χ3n) is 3.19. The molecule has 0 bridgehead atoms. The number of hydrogen-bond acceptors (Lipinski definition) is 6. The second kappa shape index (κ2) is 4.80. The van der Waals surface area contributed by atoms with Gasteiger partial charge in [0.05, 0.1) is 18.8 Å². The first-order valence-corrected chi connectivity index (χ1v) is 6.22. The topological polar surface area (TPSA) is 88.0 Å². The molecule has 8 nitrogen and oxygen atoms in total. The van der Waals surface area contributed by atoms with Gasteiger partial charge < -0.3 is 15.5 Å². The fraction of sp³-hybridized carbons (Fsp3) is 0.333. The van der Waals surface area contributed by atoms with Gasteiger partial charge in [-0.15, -0.1) is 0 Å². The number of carbonyl (C=O) groups excluding carboxylic acids is 1. The van der Waals surface area contributed by atoms with Crippen LogP contribution < -0.4 is 15.5 Å². The lowest BCUT2D eigenvalue weighted by Gasteiger charge is -2.25. The number of nitrogens with zero attached hydrogens (tertiary/aromatic N) is 5. The summed E-state index contributed by atoms with van der Waals surface area (Å²) < 4.78 is 1.81. The van der Waals surface area contributed by atoms with Gasteiger partial charge in [-0.1, -0.05) is 0 Å². The summed E-state index contributed by atoms with van der Waals surface area (Å²) in [5, 5.41) is 9.92. The zero-order valence-corrected chi connectivity index (χ0v) is 11.3. The minimum Gasteiger partial charge on any atom is -0.359 e. The van der Waals surface area contributed by atoms with Crippen LogP contribution >= 0.6 is 0 Å². The lowest BCUT2D eigenvalue weighted by Crippen LogP contribution is -2.31. The average Bonchev–Trinajstić information content (AvgIpc) is 2.83. The van der Waals surface area contributed by atoms with Crippen molar-refractivity contribution >= 4 is 23.2 Å². The van der Waals surface area contributed by atoms with Gasteiger partial charge in [0, 0.05) is 20.3 Å². The molecule has 2 aromatic rings. The molecule has 1 amide bonds. The maximum atomic E-state index is 11.5. The minimum absolute atomic E-state index is 0.0949. The number of amides is 1. The predicted molar refractivity (Wildman–Crippen MR) is 74.5 cm³/mol. The summed E-state index contributed by atoms with van der Waals surface area (Å²) in [6.45, 7) is 0.866. The van der Waals surface area contributed by atoms with Crippen molar-refractivity contribution in [2.45, 2.75) is 6.54 Å². The van der Waals surface area contributed by atoms with Crippen LogP contribution in [-0.2, 0) is 18.4 Å². The zero-order valence-electron chi connectivity index (χ0n) is 11.3. The molecule has 0 radical (unpaired) electrons. The number of nitrogens with one attached hydrogen (secondary N) is 2. The average molecular weight is 273 g/mol. The largest absolute Gasteiger partial charge is 0.359 e. The van der Waals surface area contributed by atoms with Crippen LogP contribution in [0.3, 0.4) is 0 Å². The van der Waals surface area contributed by atoms with E-state index in [4.69, 9.17) is 0 Å². The van der Waals surface area contributed by atoms with Crippen molar-refractivity contribution in [2.75, 3.05) is 29.1 Å². The zero-order chi connectivity index (χ0) is 14.1. The molecule has 0 saturated heterocycles. The van der Waals surface area contributed by atoms with Gasteiger partial charge in [-0.2, -0.15) is 5.10 Å². The molecule has 0 spiro atoms. The maximum absolute atomic E-state index is 11.5. The van der Waals surface area contributed by atoms with Crippen molar-refractivity contribution < 1.29 is 4.79 Å². The van der Waals surface area contributed by atoms with Crippen molar-refractivity contribution in [1.82, 2.24) is 19.7 Å². The van der Waals surface area contributed by atoms with Crippen molar-refractivity contribution in [3.63, 3.8) is 0 Å². The van der Waals surface area contributed by atoms with Crippen LogP contribution in [0.1, 0.15) is 5.69 Å². The molecule has 8 heteroatoms. The van der Waals surface area contributed by atoms with Crippen molar-refractivity contribution in [3.8, 4) is 0 Å². The first-order chi connectivity index (χ1) is 9.65. The number of carbonyl (C=O) groups is 1. The molecule has 1 aliphatic heterocycles. The van der Waals surface area contributed by atoms with Crippen LogP contribution in [0.2, 0.25) is 0 Å². The molecule has 0 aromatic carbocycles. The summed E-state index contributed by atoms with van der Waals surface area (Å²) in [6, 6.07) is 1.95. The van der Waals surface area contributed by atoms with E-state index >= 15 is 0 Å². The van der Waals surface area contributed by atoms with Crippen LogP contribution in [0.15, 0.2) is 18.6 Å². The third-order valence-corrected chi connectivity index (χ3v) is 3.19. The Hall–Kier alpha value is -2.64. The van der Waals surface area contributed by atoms with E-state index in [0.717, 1.165) is 5.69 Å². The molecule has 3 heterocycles. The summed E-state index contributed by atoms with van der Waals surface area (Å²) in [5.41, 5.74) is 1.67. The van der Waals surface area contributed by atoms with E-state index in [9.17, 15) is 4.79 Å². The molecule has 0 aliphatic carbocycles. The highest BCUT2D eigenvalue weighted by atomic mass is 16.2. The fourth-order valence-electron chi connectivity index (χ4n) is 2.14. The van der Waals surface area contributed by atoms with E-state index in [0.29, 0.717) is 23.9 Å². The summed E-state index contributed by atoms with van der Waals surface area (Å²) in [6.07, 6.45) is 3.24. The van der Waals surface area contributed by atoms with E-state index in [2.05, 4.69) is 25.7 Å². The Labute approximate surface area is 115 Å². The predicted octanol–water partition coefficient (Wildman–Crippen LogP) is 0.210. The summed E-state index contributed by atoms with van der Waals surface area (Å²) >= 11 is 0. The Kier molecular flexibility index (Phi) is 2.97. The Morgan fingerprint density at radius 3 is 3.05 bits per heavy atom. The van der Waals surface area contributed by atoms with Gasteiger partial charge in [0.2, 0.25) is 5.91 Å². The van der Waals surface area contributed by atoms with E-state index in [1.807, 2.05) is 25.1 Å². The van der Waals surface area contributed by atoms with Crippen molar-refractivity contribution in [2.24, 2.45) is 7.05 Å². The standard InChI is InChI=1S/C12H15N7O/c1-18(6-8-3-4-16-19(8)2)12-10-11(14-7-15-12)13-5-9(20)17-10/h3-4,7H,5-6H2,1-2H3,(H,17,20)(H,13,14,15). The second-order valence-corrected chi connectivity index (χ2v) is 4.62. The van der Waals surface area contributed by atoms with E-state index in [-0.39, 0.29) is 12.5 Å². The molecule has 0 atom stereocenters. The number of aryl methyl sites for hydroxylation is 1. The smallest absolute Gasteiger partial charge is 0.243 e. The molecule has 3 rings (SSSR count). The van der Waals surface area contributed by atoms with Crippen LogP contribution in [-0.4, -0.2) is 39.2 Å². The highest BCUT2D eigenvalue weighted by Crippen LogP contribution is 2.31.